The summed E-state index contributed by atoms with van der Waals surface area (Å²) in [6.07, 6.45) is 0.600. The maximum Gasteiger partial charge on any atom is 0.356 e. The van der Waals surface area contributed by atoms with Crippen molar-refractivity contribution in [3.05, 3.63) is 30.4 Å². The minimum atomic E-state index is -2.21. The smallest absolute Gasteiger partial charge is 0.356 e. The Morgan fingerprint density at radius 1 is 1.36 bits per heavy atom. The molecule has 10 heteroatoms. The van der Waals surface area contributed by atoms with Gasteiger partial charge in [0.05, 0.1) is 18.1 Å². The van der Waals surface area contributed by atoms with Crippen LogP contribution in [0, 0.1) is 12.8 Å². The molecule has 0 radical (unpaired) electrons. The molecular weight excluding hydrogens is 442 g/mol. The van der Waals surface area contributed by atoms with Crippen LogP contribution in [0.1, 0.15) is 50.4 Å². The van der Waals surface area contributed by atoms with Gasteiger partial charge in [-0.1, -0.05) is 33.4 Å². The van der Waals surface area contributed by atoms with Crippen molar-refractivity contribution < 1.29 is 28.7 Å². The number of nitrogens with zero attached hydrogens (tertiary/aromatic N) is 3. The van der Waals surface area contributed by atoms with E-state index >= 15 is 0 Å². The Bertz CT molecular complexity index is 900. The lowest BCUT2D eigenvalue weighted by molar-refractivity contribution is -0.195. The minimum Gasteiger partial charge on any atom is -0.458 e. The Balaban J connectivity index is 2.30. The lowest BCUT2D eigenvalue weighted by Crippen LogP contribution is -2.70. The van der Waals surface area contributed by atoms with Crippen LogP contribution >= 0.6 is 0 Å². The summed E-state index contributed by atoms with van der Waals surface area (Å²) in [6, 6.07) is -0.724. The Morgan fingerprint density at radius 2 is 1.97 bits per heavy atom. The lowest BCUT2D eigenvalue weighted by Gasteiger charge is -2.52. The fraction of sp³-hybridized carbons (Fsp3) is 0.652. The van der Waals surface area contributed by atoms with Gasteiger partial charge in [0.15, 0.2) is 14.1 Å². The second kappa shape index (κ2) is 9.90. The van der Waals surface area contributed by atoms with E-state index in [1.165, 1.54) is 6.08 Å². The van der Waals surface area contributed by atoms with Crippen molar-refractivity contribution >= 4 is 26.0 Å². The SMILES string of the molecule is C=CCOC(=O)C(O)N1C(=O)[C@H]([C@@H](C)O[Si](C)(C)C(C)(C)C)[C@H]1CC(=O)c1cn(C)c(C)n1. The van der Waals surface area contributed by atoms with Crippen molar-refractivity contribution in [1.82, 2.24) is 14.5 Å². The first-order valence-corrected chi connectivity index (χ1v) is 14.0. The molecule has 0 aliphatic carbocycles. The molecule has 33 heavy (non-hydrogen) atoms. The molecule has 1 aliphatic heterocycles. The predicted octanol–water partition coefficient (Wildman–Crippen LogP) is 2.59. The van der Waals surface area contributed by atoms with Gasteiger partial charge in [0.2, 0.25) is 12.1 Å². The third-order valence-electron chi connectivity index (χ3n) is 6.71. The standard InChI is InChI=1S/C23H37N3O6Si/c1-10-11-31-22(30)21(29)26-17(12-18(27)16-13-25(7)15(3)24-16)19(20(26)28)14(2)32-33(8,9)23(4,5)6/h10,13-14,17,19,21,29H,1,11-12H2,2-9H3/t14-,17-,19-,21?/m1/s1. The number of imidazole rings is 1. The van der Waals surface area contributed by atoms with Crippen molar-refractivity contribution in [3.63, 3.8) is 0 Å². The minimum absolute atomic E-state index is 0.0709. The van der Waals surface area contributed by atoms with Gasteiger partial charge >= 0.3 is 5.97 Å². The van der Waals surface area contributed by atoms with Crippen molar-refractivity contribution in [1.29, 1.82) is 0 Å². The highest BCUT2D eigenvalue weighted by Gasteiger charge is 2.56. The topological polar surface area (TPSA) is 111 Å². The number of β-lactam (4-membered cyclic amide) rings is 1. The van der Waals surface area contributed by atoms with Gasteiger partial charge in [-0.3, -0.25) is 9.59 Å². The molecule has 2 rings (SSSR count). The third kappa shape index (κ3) is 5.61. The largest absolute Gasteiger partial charge is 0.458 e. The van der Waals surface area contributed by atoms with Crippen LogP contribution < -0.4 is 0 Å². The molecule has 1 amide bonds. The number of ketones is 1. The van der Waals surface area contributed by atoms with Gasteiger partial charge in [-0.2, -0.15) is 0 Å². The molecule has 1 N–H and O–H groups in total. The number of carbonyl (C=O) groups is 3. The first-order valence-electron chi connectivity index (χ1n) is 11.1. The summed E-state index contributed by atoms with van der Waals surface area (Å²) in [5.74, 6) is -1.68. The Hall–Kier alpha value is -2.30. The lowest BCUT2D eigenvalue weighted by atomic mass is 9.80. The van der Waals surface area contributed by atoms with E-state index in [1.54, 1.807) is 24.7 Å². The number of ether oxygens (including phenoxy) is 1. The number of aryl methyl sites for hydroxylation is 2. The summed E-state index contributed by atoms with van der Waals surface area (Å²) in [4.78, 5) is 43.6. The number of aliphatic hydroxyl groups excluding tert-OH is 1. The van der Waals surface area contributed by atoms with E-state index in [0.29, 0.717) is 5.82 Å². The first kappa shape index (κ1) is 26.9. The van der Waals surface area contributed by atoms with E-state index in [0.717, 1.165) is 4.90 Å². The number of aromatic nitrogens is 2. The highest BCUT2D eigenvalue weighted by molar-refractivity contribution is 6.74. The highest BCUT2D eigenvalue weighted by atomic mass is 28.4. The number of Topliss-reactive ketones (excluding diaryl/α,β-unsaturated/α-hetero) is 1. The normalized spacial score (nSPS) is 20.8. The average molecular weight is 480 g/mol. The van der Waals surface area contributed by atoms with Gasteiger partial charge in [0, 0.05) is 19.7 Å². The van der Waals surface area contributed by atoms with Crippen LogP contribution in [0.5, 0.6) is 0 Å². The van der Waals surface area contributed by atoms with Crippen LogP contribution in [0.25, 0.3) is 0 Å². The number of likely N-dealkylation sites (tertiary alicyclic amines) is 1. The fourth-order valence-electron chi connectivity index (χ4n) is 3.66. The average Bonchev–Trinajstić information content (AvgIpc) is 3.02. The van der Waals surface area contributed by atoms with E-state index in [-0.39, 0.29) is 29.5 Å². The van der Waals surface area contributed by atoms with Crippen LogP contribution in [0.2, 0.25) is 18.1 Å². The second-order valence-electron chi connectivity index (χ2n) is 10.1. The van der Waals surface area contributed by atoms with Crippen molar-refractivity contribution in [2.75, 3.05) is 6.61 Å². The molecule has 184 valence electrons. The summed E-state index contributed by atoms with van der Waals surface area (Å²) in [7, 11) is -0.418. The molecular formula is C23H37N3O6Si. The van der Waals surface area contributed by atoms with E-state index < -0.39 is 44.5 Å². The molecule has 4 atom stereocenters. The van der Waals surface area contributed by atoms with Gasteiger partial charge in [-0.25, -0.2) is 9.78 Å². The zero-order valence-corrected chi connectivity index (χ0v) is 21.9. The quantitative estimate of drug-likeness (QED) is 0.180. The Labute approximate surface area is 196 Å². The number of aliphatic hydroxyl groups is 1. The number of esters is 1. The van der Waals surface area contributed by atoms with Gasteiger partial charge in [0.1, 0.15) is 18.1 Å². The van der Waals surface area contributed by atoms with E-state index in [4.69, 9.17) is 9.16 Å². The van der Waals surface area contributed by atoms with Gasteiger partial charge in [0.25, 0.3) is 0 Å². The van der Waals surface area contributed by atoms with Crippen LogP contribution in [0.15, 0.2) is 18.9 Å². The van der Waals surface area contributed by atoms with Crippen molar-refractivity contribution in [2.24, 2.45) is 13.0 Å². The molecule has 0 saturated carbocycles. The third-order valence-corrected chi connectivity index (χ3v) is 11.3. The fourth-order valence-corrected chi connectivity index (χ4v) is 5.09. The summed E-state index contributed by atoms with van der Waals surface area (Å²) < 4.78 is 13.1. The summed E-state index contributed by atoms with van der Waals surface area (Å²) in [6.45, 7) is 17.4. The second-order valence-corrected chi connectivity index (χ2v) is 14.9. The van der Waals surface area contributed by atoms with Gasteiger partial charge < -0.3 is 23.7 Å². The zero-order valence-electron chi connectivity index (χ0n) is 20.9. The number of amides is 1. The van der Waals surface area contributed by atoms with Crippen LogP contribution in [-0.4, -0.2) is 70.5 Å². The van der Waals surface area contributed by atoms with Crippen LogP contribution in [0.3, 0.4) is 0 Å². The maximum atomic E-state index is 13.1. The molecule has 0 bridgehead atoms. The molecule has 1 aliphatic rings. The van der Waals surface area contributed by atoms with Crippen LogP contribution in [0.4, 0.5) is 0 Å². The molecule has 1 saturated heterocycles. The summed E-state index contributed by atoms with van der Waals surface area (Å²) >= 11 is 0. The Kier molecular flexibility index (Phi) is 8.09. The zero-order chi connectivity index (χ0) is 25.3. The van der Waals surface area contributed by atoms with Crippen molar-refractivity contribution in [3.8, 4) is 0 Å². The summed E-state index contributed by atoms with van der Waals surface area (Å²) in [5, 5.41) is 10.5. The molecule has 1 aromatic rings. The molecule has 0 spiro atoms. The number of hydrogen-bond acceptors (Lipinski definition) is 7. The first-order chi connectivity index (χ1) is 15.1. The van der Waals surface area contributed by atoms with Crippen LogP contribution in [-0.2, 0) is 25.8 Å². The monoisotopic (exact) mass is 479 g/mol. The molecule has 1 unspecified atom stereocenters. The number of carbonyl (C=O) groups excluding carboxylic acids is 3. The van der Waals surface area contributed by atoms with Crippen molar-refractivity contribution in [2.45, 2.75) is 77.5 Å². The Morgan fingerprint density at radius 3 is 2.45 bits per heavy atom. The highest BCUT2D eigenvalue weighted by Crippen LogP contribution is 2.41. The summed E-state index contributed by atoms with van der Waals surface area (Å²) in [5.41, 5.74) is 0.273. The van der Waals surface area contributed by atoms with Gasteiger partial charge in [-0.05, 0) is 32.0 Å². The van der Waals surface area contributed by atoms with E-state index in [1.807, 2.05) is 6.92 Å². The molecule has 9 nitrogen and oxygen atoms in total. The molecule has 1 fully saturated rings. The van der Waals surface area contributed by atoms with Gasteiger partial charge in [-0.15, -0.1) is 0 Å². The molecule has 2 heterocycles. The molecule has 0 aromatic carbocycles. The van der Waals surface area contributed by atoms with E-state index in [2.05, 4.69) is 45.4 Å². The number of hydrogen-bond donors (Lipinski definition) is 1. The molecule has 1 aromatic heterocycles. The maximum absolute atomic E-state index is 13.1. The van der Waals surface area contributed by atoms with E-state index in [9.17, 15) is 19.5 Å². The predicted molar refractivity (Wildman–Crippen MR) is 126 cm³/mol. The number of rotatable bonds is 10.